The summed E-state index contributed by atoms with van der Waals surface area (Å²) in [6.45, 7) is 6.11. The summed E-state index contributed by atoms with van der Waals surface area (Å²) in [4.78, 5) is 42.0. The van der Waals surface area contributed by atoms with E-state index in [0.29, 0.717) is 54.1 Å². The highest BCUT2D eigenvalue weighted by atomic mass is 19.1. The summed E-state index contributed by atoms with van der Waals surface area (Å²) < 4.78 is 52.5. The molecule has 2 N–H and O–H groups in total. The third-order valence-corrected chi connectivity index (χ3v) is 8.80. The van der Waals surface area contributed by atoms with Crippen LogP contribution in [0.25, 0.3) is 11.1 Å². The van der Waals surface area contributed by atoms with Gasteiger partial charge in [0.1, 0.15) is 35.3 Å². The number of carboxylic acid groups (broad SMARTS) is 1. The van der Waals surface area contributed by atoms with Gasteiger partial charge in [-0.15, -0.1) is 0 Å². The summed E-state index contributed by atoms with van der Waals surface area (Å²) in [6.07, 6.45) is 0.338. The van der Waals surface area contributed by atoms with E-state index in [4.69, 9.17) is 4.74 Å². The number of carboxylic acids is 1. The first-order chi connectivity index (χ1) is 22.4. The predicted octanol–water partition coefficient (Wildman–Crippen LogP) is 5.94. The van der Waals surface area contributed by atoms with Gasteiger partial charge in [-0.2, -0.15) is 0 Å². The van der Waals surface area contributed by atoms with Gasteiger partial charge in [-0.05, 0) is 91.9 Å². The average molecular weight is 646 g/mol. The smallest absolute Gasteiger partial charge is 0.305 e. The van der Waals surface area contributed by atoms with Gasteiger partial charge in [-0.3, -0.25) is 23.9 Å². The van der Waals surface area contributed by atoms with Gasteiger partial charge in [0.05, 0.1) is 12.5 Å². The van der Waals surface area contributed by atoms with Crippen molar-refractivity contribution >= 4 is 11.9 Å². The summed E-state index contributed by atoms with van der Waals surface area (Å²) in [7, 11) is 0. The van der Waals surface area contributed by atoms with E-state index in [2.05, 4.69) is 5.32 Å². The minimum Gasteiger partial charge on any atom is -0.481 e. The van der Waals surface area contributed by atoms with Crippen LogP contribution >= 0.6 is 0 Å². The molecule has 0 saturated carbocycles. The van der Waals surface area contributed by atoms with Gasteiger partial charge in [-0.25, -0.2) is 13.2 Å². The van der Waals surface area contributed by atoms with Gasteiger partial charge < -0.3 is 15.2 Å². The van der Waals surface area contributed by atoms with E-state index in [9.17, 15) is 23.9 Å². The van der Waals surface area contributed by atoms with E-state index in [1.54, 1.807) is 38.1 Å². The van der Waals surface area contributed by atoms with Crippen molar-refractivity contribution in [3.63, 3.8) is 0 Å². The van der Waals surface area contributed by atoms with E-state index < -0.39 is 53.7 Å². The first-order valence-electron chi connectivity index (χ1n) is 15.4. The molecular weight excluding hydrogens is 611 g/mol. The number of halogens is 3. The number of alkyl halides is 1. The fourth-order valence-electron chi connectivity index (χ4n) is 6.42. The molecule has 244 valence electrons. The van der Waals surface area contributed by atoms with Crippen molar-refractivity contribution in [2.45, 2.75) is 51.9 Å². The Morgan fingerprint density at radius 3 is 2.47 bits per heavy atom. The third-order valence-electron chi connectivity index (χ3n) is 8.80. The Kier molecular flexibility index (Phi) is 8.67. The molecular formula is C36H34F3N3O5. The Balaban J connectivity index is 1.56. The van der Waals surface area contributed by atoms with Crippen molar-refractivity contribution in [2.75, 3.05) is 19.6 Å². The molecule has 4 aromatic rings. The third kappa shape index (κ3) is 6.40. The van der Waals surface area contributed by atoms with Crippen molar-refractivity contribution in [3.05, 3.63) is 116 Å². The SMILES string of the molecule is Cc1cc2cc(c1F)[C@H](CC(=O)O)NC(=O)[C@H](n1cc(CCN3CC(F)C3)cc(C)c1=O)c1cc(ccc1F)Oc1cccc(C)c1-2. The van der Waals surface area contributed by atoms with Crippen LogP contribution in [0, 0.1) is 32.4 Å². The van der Waals surface area contributed by atoms with Crippen molar-refractivity contribution in [1.29, 1.82) is 0 Å². The zero-order valence-electron chi connectivity index (χ0n) is 26.1. The lowest BCUT2D eigenvalue weighted by molar-refractivity contribution is -0.137. The number of aliphatic carboxylic acids is 1. The molecule has 1 saturated heterocycles. The minimum absolute atomic E-state index is 0.0758. The summed E-state index contributed by atoms with van der Waals surface area (Å²) in [5.41, 5.74) is 2.25. The lowest BCUT2D eigenvalue weighted by Crippen LogP contribution is -2.49. The summed E-state index contributed by atoms with van der Waals surface area (Å²) in [5, 5.41) is 12.5. The number of carbonyl (C=O) groups excluding carboxylic acids is 1. The number of hydrogen-bond acceptors (Lipinski definition) is 5. The molecule has 3 aromatic carbocycles. The molecule has 2 aliphatic heterocycles. The highest BCUT2D eigenvalue weighted by Gasteiger charge is 2.33. The zero-order valence-corrected chi connectivity index (χ0v) is 26.1. The molecule has 47 heavy (non-hydrogen) atoms. The molecule has 1 amide bonds. The second kappa shape index (κ2) is 12.7. The molecule has 2 atom stereocenters. The van der Waals surface area contributed by atoms with Crippen molar-refractivity contribution in [1.82, 2.24) is 14.8 Å². The molecule has 1 aromatic heterocycles. The first kappa shape index (κ1) is 32.1. The van der Waals surface area contributed by atoms with Crippen LogP contribution in [-0.2, 0) is 16.0 Å². The number of carbonyl (C=O) groups is 2. The van der Waals surface area contributed by atoms with Gasteiger partial charge in [0.2, 0.25) is 5.91 Å². The molecule has 0 unspecified atom stereocenters. The second-order valence-electron chi connectivity index (χ2n) is 12.3. The summed E-state index contributed by atoms with van der Waals surface area (Å²) in [6, 6.07) is 11.0. The first-order valence-corrected chi connectivity index (χ1v) is 15.4. The standard InChI is InChI=1S/C36H34F3N3O5/c1-19-5-4-6-30-32(19)23-12-20(2)33(39)27(13-23)29(15-31(43)44)40-35(45)34(26-14-25(47-30)7-8-28(26)38)42-16-22(11-21(3)36(42)46)9-10-41-17-24(37)18-41/h4-8,11-14,16,24,29,34H,9-10,15,17-18H2,1-3H3,(H,40,45)(H,43,44)/t29-,34+/m0/s1. The molecule has 1 fully saturated rings. The maximum atomic E-state index is 15.9. The number of amides is 1. The van der Waals surface area contributed by atoms with E-state index in [0.717, 1.165) is 16.2 Å². The maximum Gasteiger partial charge on any atom is 0.305 e. The number of aryl methyl sites for hydroxylation is 3. The molecule has 2 aliphatic rings. The highest BCUT2D eigenvalue weighted by molar-refractivity contribution is 5.85. The number of ether oxygens (including phenoxy) is 1. The lowest BCUT2D eigenvalue weighted by Gasteiger charge is -2.34. The zero-order chi connectivity index (χ0) is 33.6. The number of rotatable bonds is 6. The molecule has 0 radical (unpaired) electrons. The van der Waals surface area contributed by atoms with E-state index >= 15 is 8.78 Å². The topological polar surface area (TPSA) is 101 Å². The van der Waals surface area contributed by atoms with Crippen LogP contribution in [0.4, 0.5) is 13.2 Å². The summed E-state index contributed by atoms with van der Waals surface area (Å²) in [5.74, 6) is -3.16. The van der Waals surface area contributed by atoms with Gasteiger partial charge in [0.25, 0.3) is 5.56 Å². The van der Waals surface area contributed by atoms with Crippen LogP contribution in [0.2, 0.25) is 0 Å². The van der Waals surface area contributed by atoms with Crippen LogP contribution in [0.3, 0.4) is 0 Å². The van der Waals surface area contributed by atoms with E-state index in [1.165, 1.54) is 24.4 Å². The Hall–Kier alpha value is -4.90. The van der Waals surface area contributed by atoms with E-state index in [-0.39, 0.29) is 22.4 Å². The molecule has 4 bridgehead atoms. The lowest BCUT2D eigenvalue weighted by atomic mass is 9.92. The number of aromatic nitrogens is 1. The number of nitrogens with one attached hydrogen (secondary N) is 1. The van der Waals surface area contributed by atoms with Crippen LogP contribution in [0.5, 0.6) is 11.5 Å². The van der Waals surface area contributed by atoms with Crippen molar-refractivity contribution < 1.29 is 32.6 Å². The summed E-state index contributed by atoms with van der Waals surface area (Å²) >= 11 is 0. The fraction of sp³-hybridized carbons (Fsp3) is 0.306. The predicted molar refractivity (Wildman–Crippen MR) is 170 cm³/mol. The molecule has 6 rings (SSSR count). The van der Waals surface area contributed by atoms with Gasteiger partial charge >= 0.3 is 5.97 Å². The number of nitrogens with zero attached hydrogens (tertiary/aromatic N) is 2. The molecule has 0 spiro atoms. The Morgan fingerprint density at radius 1 is 0.979 bits per heavy atom. The van der Waals surface area contributed by atoms with Crippen molar-refractivity contribution in [3.8, 4) is 22.6 Å². The highest BCUT2D eigenvalue weighted by Crippen LogP contribution is 2.40. The minimum atomic E-state index is -1.62. The molecule has 11 heteroatoms. The molecule has 0 aliphatic carbocycles. The molecule has 3 heterocycles. The van der Waals surface area contributed by atoms with E-state index in [1.807, 2.05) is 17.9 Å². The van der Waals surface area contributed by atoms with Crippen molar-refractivity contribution in [2.24, 2.45) is 0 Å². The number of hydrogen-bond donors (Lipinski definition) is 2. The Labute approximate surface area is 269 Å². The second-order valence-corrected chi connectivity index (χ2v) is 12.3. The normalized spacial score (nSPS) is 18.1. The van der Waals surface area contributed by atoms with Crippen LogP contribution < -0.4 is 15.6 Å². The quantitative estimate of drug-likeness (QED) is 0.269. The van der Waals surface area contributed by atoms with Gasteiger partial charge in [0, 0.05) is 48.1 Å². The monoisotopic (exact) mass is 645 g/mol. The Morgan fingerprint density at radius 2 is 1.74 bits per heavy atom. The van der Waals surface area contributed by atoms with Crippen LogP contribution in [0.15, 0.2) is 65.6 Å². The van der Waals surface area contributed by atoms with Crippen LogP contribution in [-0.4, -0.2) is 52.3 Å². The average Bonchev–Trinajstić information content (AvgIpc) is 2.99. The van der Waals surface area contributed by atoms with Gasteiger partial charge in [0.15, 0.2) is 0 Å². The number of fused-ring (bicyclic) bond motifs is 6. The fourth-order valence-corrected chi connectivity index (χ4v) is 6.42. The molecule has 8 nitrogen and oxygen atoms in total. The Bertz CT molecular complexity index is 1950. The maximum absolute atomic E-state index is 15.9. The van der Waals surface area contributed by atoms with Gasteiger partial charge in [-0.1, -0.05) is 12.1 Å². The largest absolute Gasteiger partial charge is 0.481 e. The number of likely N-dealkylation sites (tertiary alicyclic amines) is 1. The number of benzene rings is 3. The number of pyridine rings is 1. The van der Waals surface area contributed by atoms with Crippen LogP contribution in [0.1, 0.15) is 51.9 Å².